The van der Waals surface area contributed by atoms with Gasteiger partial charge in [-0.25, -0.2) is 4.79 Å². The first kappa shape index (κ1) is 15.3. The van der Waals surface area contributed by atoms with Gasteiger partial charge in [0.15, 0.2) is 12.7 Å². The van der Waals surface area contributed by atoms with Gasteiger partial charge in [0.1, 0.15) is 5.75 Å². The molecule has 0 saturated heterocycles. The molecular weight excluding hydrogens is 274 g/mol. The van der Waals surface area contributed by atoms with Crippen molar-refractivity contribution in [2.45, 2.75) is 25.4 Å². The molecule has 1 aliphatic rings. The van der Waals surface area contributed by atoms with Crippen LogP contribution in [0.25, 0.3) is 0 Å². The van der Waals surface area contributed by atoms with E-state index in [2.05, 4.69) is 5.32 Å². The zero-order chi connectivity index (χ0) is 15.2. The molecular formula is C15H19NO5. The minimum absolute atomic E-state index is 0.0851. The lowest BCUT2D eigenvalue weighted by Gasteiger charge is -2.12. The summed E-state index contributed by atoms with van der Waals surface area (Å²) in [6.07, 6.45) is 2.26. The Morgan fingerprint density at radius 3 is 2.81 bits per heavy atom. The number of carbonyl (C=O) groups is 2. The molecule has 114 valence electrons. The number of carboxylic acid groups (broad SMARTS) is 1. The number of hydrogen-bond donors (Lipinski definition) is 2. The summed E-state index contributed by atoms with van der Waals surface area (Å²) >= 11 is 0. The number of benzene rings is 1. The van der Waals surface area contributed by atoms with E-state index in [-0.39, 0.29) is 19.1 Å². The molecule has 0 aromatic heterocycles. The highest BCUT2D eigenvalue weighted by molar-refractivity contribution is 5.79. The number of hydrogen-bond acceptors (Lipinski definition) is 4. The van der Waals surface area contributed by atoms with Gasteiger partial charge in [0.25, 0.3) is 5.91 Å². The molecule has 21 heavy (non-hydrogen) atoms. The van der Waals surface area contributed by atoms with Crippen LogP contribution in [0, 0.1) is 0 Å². The maximum atomic E-state index is 11.6. The molecule has 1 unspecified atom stereocenters. The summed E-state index contributed by atoms with van der Waals surface area (Å²) in [6.45, 7) is -0.229. The topological polar surface area (TPSA) is 84.9 Å². The number of rotatable bonds is 7. The van der Waals surface area contributed by atoms with Gasteiger partial charge >= 0.3 is 5.97 Å². The Morgan fingerprint density at radius 1 is 1.33 bits per heavy atom. The van der Waals surface area contributed by atoms with Gasteiger partial charge in [-0.15, -0.1) is 0 Å². The third kappa shape index (κ3) is 4.19. The molecule has 0 radical (unpaired) electrons. The minimum Gasteiger partial charge on any atom is -0.484 e. The van der Waals surface area contributed by atoms with Gasteiger partial charge in [-0.3, -0.25) is 4.79 Å². The second-order valence-corrected chi connectivity index (χ2v) is 4.94. The molecule has 1 aromatic carbocycles. The van der Waals surface area contributed by atoms with Crippen LogP contribution in [-0.2, 0) is 27.2 Å². The van der Waals surface area contributed by atoms with Crippen LogP contribution in [0.5, 0.6) is 5.75 Å². The lowest BCUT2D eigenvalue weighted by atomic mass is 10.1. The monoisotopic (exact) mass is 293 g/mol. The quantitative estimate of drug-likeness (QED) is 0.775. The Hall–Kier alpha value is -2.08. The molecule has 0 bridgehead atoms. The highest BCUT2D eigenvalue weighted by Crippen LogP contribution is 2.25. The van der Waals surface area contributed by atoms with Crippen LogP contribution in [0.4, 0.5) is 0 Å². The van der Waals surface area contributed by atoms with E-state index in [0.29, 0.717) is 5.75 Å². The van der Waals surface area contributed by atoms with Gasteiger partial charge in [-0.1, -0.05) is 6.07 Å². The lowest BCUT2D eigenvalue weighted by molar-refractivity contribution is -0.148. The Labute approximate surface area is 123 Å². The van der Waals surface area contributed by atoms with Crippen LogP contribution in [0.2, 0.25) is 0 Å². The average Bonchev–Trinajstić information content (AvgIpc) is 2.92. The van der Waals surface area contributed by atoms with Crippen LogP contribution in [0.3, 0.4) is 0 Å². The van der Waals surface area contributed by atoms with Crippen LogP contribution in [-0.4, -0.2) is 43.3 Å². The normalized spacial score (nSPS) is 14.3. The number of carbonyl (C=O) groups excluding carboxylic acids is 1. The second kappa shape index (κ2) is 7.08. The number of carboxylic acids is 1. The molecule has 0 fully saturated rings. The number of amides is 1. The van der Waals surface area contributed by atoms with E-state index in [1.165, 1.54) is 18.2 Å². The van der Waals surface area contributed by atoms with E-state index in [4.69, 9.17) is 14.6 Å². The van der Waals surface area contributed by atoms with Crippen LogP contribution < -0.4 is 10.1 Å². The highest BCUT2D eigenvalue weighted by atomic mass is 16.5. The zero-order valence-corrected chi connectivity index (χ0v) is 11.9. The predicted octanol–water partition coefficient (Wildman–Crippen LogP) is 0.770. The van der Waals surface area contributed by atoms with Crippen molar-refractivity contribution in [1.82, 2.24) is 5.32 Å². The number of methoxy groups -OCH3 is 1. The molecule has 2 rings (SSSR count). The molecule has 6 heteroatoms. The summed E-state index contributed by atoms with van der Waals surface area (Å²) in [4.78, 5) is 22.3. The summed E-state index contributed by atoms with van der Waals surface area (Å²) in [5, 5.41) is 11.2. The van der Waals surface area contributed by atoms with E-state index < -0.39 is 12.1 Å². The Balaban J connectivity index is 1.77. The zero-order valence-electron chi connectivity index (χ0n) is 11.9. The summed E-state index contributed by atoms with van der Waals surface area (Å²) in [7, 11) is 1.28. The Bertz CT molecular complexity index is 529. The van der Waals surface area contributed by atoms with E-state index in [9.17, 15) is 9.59 Å². The molecule has 1 aromatic rings. The highest BCUT2D eigenvalue weighted by Gasteiger charge is 2.17. The third-order valence-corrected chi connectivity index (χ3v) is 3.48. The largest absolute Gasteiger partial charge is 0.484 e. The summed E-state index contributed by atoms with van der Waals surface area (Å²) in [6, 6.07) is 5.85. The molecule has 0 heterocycles. The number of aliphatic carboxylic acids is 1. The fourth-order valence-corrected chi connectivity index (χ4v) is 2.32. The van der Waals surface area contributed by atoms with Gasteiger partial charge in [-0.05, 0) is 42.5 Å². The van der Waals surface area contributed by atoms with Gasteiger partial charge in [0.05, 0.1) is 6.54 Å². The number of nitrogens with one attached hydrogen (secondary N) is 1. The molecule has 6 nitrogen and oxygen atoms in total. The Morgan fingerprint density at radius 2 is 2.10 bits per heavy atom. The summed E-state index contributed by atoms with van der Waals surface area (Å²) < 4.78 is 10.1. The van der Waals surface area contributed by atoms with E-state index in [0.717, 1.165) is 19.3 Å². The van der Waals surface area contributed by atoms with Crippen molar-refractivity contribution >= 4 is 11.9 Å². The molecule has 0 spiro atoms. The third-order valence-electron chi connectivity index (χ3n) is 3.48. The predicted molar refractivity (Wildman–Crippen MR) is 75.4 cm³/mol. The van der Waals surface area contributed by atoms with E-state index in [1.54, 1.807) is 0 Å². The molecule has 1 atom stereocenters. The molecule has 0 aliphatic heterocycles. The fourth-order valence-electron chi connectivity index (χ4n) is 2.32. The van der Waals surface area contributed by atoms with Gasteiger partial charge in [-0.2, -0.15) is 0 Å². The van der Waals surface area contributed by atoms with Crippen LogP contribution in [0.1, 0.15) is 17.5 Å². The number of ether oxygens (including phenoxy) is 2. The van der Waals surface area contributed by atoms with Crippen molar-refractivity contribution in [2.75, 3.05) is 20.3 Å². The van der Waals surface area contributed by atoms with Crippen molar-refractivity contribution in [3.05, 3.63) is 29.3 Å². The first-order chi connectivity index (χ1) is 10.1. The Kier molecular flexibility index (Phi) is 5.16. The summed E-state index contributed by atoms with van der Waals surface area (Å²) in [5.74, 6) is -0.830. The van der Waals surface area contributed by atoms with E-state index >= 15 is 0 Å². The fraction of sp³-hybridized carbons (Fsp3) is 0.467. The van der Waals surface area contributed by atoms with Crippen molar-refractivity contribution in [3.63, 3.8) is 0 Å². The summed E-state index contributed by atoms with van der Waals surface area (Å²) in [5.41, 5.74) is 2.62. The SMILES string of the molecule is COC(CNC(=O)COc1ccc2c(c1)CCC2)C(=O)O. The molecule has 1 aliphatic carbocycles. The average molecular weight is 293 g/mol. The molecule has 1 amide bonds. The first-order valence-electron chi connectivity index (χ1n) is 6.87. The van der Waals surface area contributed by atoms with Crippen molar-refractivity contribution in [1.29, 1.82) is 0 Å². The van der Waals surface area contributed by atoms with Crippen molar-refractivity contribution in [3.8, 4) is 5.75 Å². The minimum atomic E-state index is -1.11. The smallest absolute Gasteiger partial charge is 0.334 e. The van der Waals surface area contributed by atoms with Gasteiger partial charge < -0.3 is 19.9 Å². The molecule has 2 N–H and O–H groups in total. The van der Waals surface area contributed by atoms with Gasteiger partial charge in [0.2, 0.25) is 0 Å². The second-order valence-electron chi connectivity index (χ2n) is 4.94. The van der Waals surface area contributed by atoms with E-state index in [1.807, 2.05) is 18.2 Å². The first-order valence-corrected chi connectivity index (χ1v) is 6.87. The number of fused-ring (bicyclic) bond motifs is 1. The maximum Gasteiger partial charge on any atom is 0.334 e. The lowest BCUT2D eigenvalue weighted by Crippen LogP contribution is -2.39. The van der Waals surface area contributed by atoms with Gasteiger partial charge in [0, 0.05) is 7.11 Å². The van der Waals surface area contributed by atoms with Crippen LogP contribution >= 0.6 is 0 Å². The molecule has 0 saturated carbocycles. The maximum absolute atomic E-state index is 11.6. The van der Waals surface area contributed by atoms with Crippen molar-refractivity contribution in [2.24, 2.45) is 0 Å². The number of aryl methyl sites for hydroxylation is 2. The van der Waals surface area contributed by atoms with Crippen molar-refractivity contribution < 1.29 is 24.2 Å². The standard InChI is InChI=1S/C15H19NO5/c1-20-13(15(18)19)8-16-14(17)9-21-12-6-5-10-3-2-4-11(10)7-12/h5-7,13H,2-4,8-9H2,1H3,(H,16,17)(H,18,19). The van der Waals surface area contributed by atoms with Crippen LogP contribution in [0.15, 0.2) is 18.2 Å².